The summed E-state index contributed by atoms with van der Waals surface area (Å²) in [5, 5.41) is 23.9. The number of carbonyl (C=O) groups excluding carboxylic acids is 2. The van der Waals surface area contributed by atoms with Gasteiger partial charge in [0.15, 0.2) is 0 Å². The maximum Gasteiger partial charge on any atom is 0.323 e. The molecule has 1 aliphatic heterocycles. The first-order valence-electron chi connectivity index (χ1n) is 11.8. The number of rotatable bonds is 8. The molecule has 5 atom stereocenters. The Morgan fingerprint density at radius 1 is 1.30 bits per heavy atom. The molecule has 0 saturated carbocycles. The Bertz CT molecular complexity index is 1200. The van der Waals surface area contributed by atoms with Crippen LogP contribution in [0.1, 0.15) is 50.7 Å². The van der Waals surface area contributed by atoms with E-state index in [1.165, 1.54) is 12.1 Å². The zero-order valence-corrected chi connectivity index (χ0v) is 23.1. The molecule has 2 aromatic rings. The van der Waals surface area contributed by atoms with Crippen molar-refractivity contribution >= 4 is 39.4 Å². The molecule has 0 aliphatic carbocycles. The van der Waals surface area contributed by atoms with Gasteiger partial charge in [-0.2, -0.15) is 5.26 Å². The van der Waals surface area contributed by atoms with Gasteiger partial charge >= 0.3 is 5.97 Å². The fraction of sp³-hybridized carbons (Fsp3) is 0.444. The normalized spacial score (nSPS) is 24.3. The van der Waals surface area contributed by atoms with E-state index in [4.69, 9.17) is 22.1 Å². The number of aliphatic hydroxyl groups is 1. The number of nitriles is 1. The van der Waals surface area contributed by atoms with E-state index in [2.05, 4.69) is 27.3 Å². The Labute approximate surface area is 229 Å². The summed E-state index contributed by atoms with van der Waals surface area (Å²) >= 11 is 9.56. The lowest BCUT2D eigenvalue weighted by molar-refractivity contribution is -0.150. The fourth-order valence-electron chi connectivity index (χ4n) is 5.02. The average Bonchev–Trinajstić information content (AvgIpc) is 3.12. The molecule has 0 radical (unpaired) electrons. The number of aliphatic hydroxyl groups excluding tert-OH is 1. The number of nitrogens with one attached hydrogen (secondary N) is 1. The Kier molecular flexibility index (Phi) is 9.01. The molecule has 0 unspecified atom stereocenters. The van der Waals surface area contributed by atoms with Crippen molar-refractivity contribution in [1.82, 2.24) is 5.32 Å². The number of amides is 1. The van der Waals surface area contributed by atoms with E-state index in [1.807, 2.05) is 20.8 Å². The average molecular weight is 595 g/mol. The minimum absolute atomic E-state index is 0.0977. The van der Waals surface area contributed by atoms with Crippen LogP contribution in [0.3, 0.4) is 0 Å². The molecule has 1 heterocycles. The number of carbonyl (C=O) groups is 2. The number of ether oxygens (including phenoxy) is 1. The summed E-state index contributed by atoms with van der Waals surface area (Å²) in [6.45, 7) is 5.56. The highest BCUT2D eigenvalue weighted by molar-refractivity contribution is 9.10. The van der Waals surface area contributed by atoms with E-state index >= 15 is 4.39 Å². The summed E-state index contributed by atoms with van der Waals surface area (Å²) in [5.41, 5.74) is 4.17. The lowest BCUT2D eigenvalue weighted by Crippen LogP contribution is -2.44. The van der Waals surface area contributed by atoms with Crippen molar-refractivity contribution in [2.24, 2.45) is 11.1 Å². The van der Waals surface area contributed by atoms with Crippen LogP contribution in [0.4, 0.5) is 4.39 Å². The highest BCUT2D eigenvalue weighted by Gasteiger charge is 2.60. The van der Waals surface area contributed by atoms with E-state index in [-0.39, 0.29) is 22.4 Å². The SMILES string of the molecule is CC(C)(C)C[C@@H]1N[C@@H](C(=O)OC[C@@H](O)CC(N)=O)[C@H](c2cccc(Cl)c2F)[C@@]1(C#N)c1ccc(Br)cc1. The van der Waals surface area contributed by atoms with Crippen LogP contribution in [0.2, 0.25) is 5.02 Å². The zero-order chi connectivity index (χ0) is 27.5. The van der Waals surface area contributed by atoms with E-state index in [1.54, 1.807) is 30.3 Å². The molecule has 1 fully saturated rings. The van der Waals surface area contributed by atoms with Crippen molar-refractivity contribution in [3.8, 4) is 6.07 Å². The molecule has 198 valence electrons. The van der Waals surface area contributed by atoms with Gasteiger partial charge in [0, 0.05) is 16.4 Å². The van der Waals surface area contributed by atoms with Gasteiger partial charge in [0.25, 0.3) is 0 Å². The van der Waals surface area contributed by atoms with Gasteiger partial charge in [0.1, 0.15) is 23.9 Å². The highest BCUT2D eigenvalue weighted by atomic mass is 79.9. The molecule has 10 heteroatoms. The highest BCUT2D eigenvalue weighted by Crippen LogP contribution is 2.52. The molecule has 1 aliphatic rings. The van der Waals surface area contributed by atoms with Crippen molar-refractivity contribution in [1.29, 1.82) is 5.26 Å². The Balaban J connectivity index is 2.18. The second-order valence-electron chi connectivity index (χ2n) is 10.5. The first kappa shape index (κ1) is 29.1. The van der Waals surface area contributed by atoms with E-state index in [0.29, 0.717) is 12.0 Å². The van der Waals surface area contributed by atoms with Crippen LogP contribution in [0, 0.1) is 22.6 Å². The van der Waals surface area contributed by atoms with Crippen LogP contribution >= 0.6 is 27.5 Å². The second kappa shape index (κ2) is 11.5. The van der Waals surface area contributed by atoms with Gasteiger partial charge in [0.05, 0.1) is 23.6 Å². The number of nitrogens with zero attached hydrogens (tertiary/aromatic N) is 1. The summed E-state index contributed by atoms with van der Waals surface area (Å²) in [4.78, 5) is 24.5. The van der Waals surface area contributed by atoms with E-state index in [9.17, 15) is 20.0 Å². The monoisotopic (exact) mass is 593 g/mol. The minimum Gasteiger partial charge on any atom is -0.462 e. The number of primary amides is 1. The molecule has 0 aromatic heterocycles. The summed E-state index contributed by atoms with van der Waals surface area (Å²) < 4.78 is 21.7. The second-order valence-corrected chi connectivity index (χ2v) is 11.8. The van der Waals surface area contributed by atoms with Crippen molar-refractivity contribution in [2.45, 2.75) is 63.1 Å². The van der Waals surface area contributed by atoms with Crippen LogP contribution in [0.5, 0.6) is 0 Å². The number of nitrogens with two attached hydrogens (primary N) is 1. The predicted octanol–water partition coefficient (Wildman–Crippen LogP) is 4.34. The van der Waals surface area contributed by atoms with E-state index < -0.39 is 53.8 Å². The first-order valence-corrected chi connectivity index (χ1v) is 13.0. The third kappa shape index (κ3) is 6.32. The van der Waals surface area contributed by atoms with Crippen molar-refractivity contribution in [2.75, 3.05) is 6.61 Å². The smallest absolute Gasteiger partial charge is 0.323 e. The Morgan fingerprint density at radius 3 is 2.51 bits per heavy atom. The lowest BCUT2D eigenvalue weighted by atomic mass is 9.63. The predicted molar refractivity (Wildman–Crippen MR) is 141 cm³/mol. The molecular weight excluding hydrogens is 565 g/mol. The molecule has 2 aromatic carbocycles. The zero-order valence-electron chi connectivity index (χ0n) is 20.8. The van der Waals surface area contributed by atoms with Crippen LogP contribution in [-0.4, -0.2) is 41.8 Å². The third-order valence-corrected chi connectivity index (χ3v) is 7.32. The lowest BCUT2D eigenvalue weighted by Gasteiger charge is -2.37. The van der Waals surface area contributed by atoms with Crippen LogP contribution in [0.25, 0.3) is 0 Å². The van der Waals surface area contributed by atoms with Gasteiger partial charge in [-0.25, -0.2) is 4.39 Å². The minimum atomic E-state index is -1.38. The van der Waals surface area contributed by atoms with Crippen molar-refractivity contribution in [3.05, 3.63) is 68.9 Å². The molecule has 0 bridgehead atoms. The quantitative estimate of drug-likeness (QED) is 0.391. The third-order valence-electron chi connectivity index (χ3n) is 6.50. The van der Waals surface area contributed by atoms with Gasteiger partial charge in [-0.05, 0) is 41.2 Å². The number of hydrogen-bond acceptors (Lipinski definition) is 6. The molecule has 1 saturated heterocycles. The molecule has 1 amide bonds. The van der Waals surface area contributed by atoms with Crippen molar-refractivity contribution < 1.29 is 23.8 Å². The molecule has 4 N–H and O–H groups in total. The number of esters is 1. The topological polar surface area (TPSA) is 125 Å². The van der Waals surface area contributed by atoms with Crippen LogP contribution in [-0.2, 0) is 19.7 Å². The van der Waals surface area contributed by atoms with Crippen LogP contribution in [0.15, 0.2) is 46.9 Å². The summed E-state index contributed by atoms with van der Waals surface area (Å²) in [7, 11) is 0. The van der Waals surface area contributed by atoms with Crippen LogP contribution < -0.4 is 11.1 Å². The Hall–Kier alpha value is -2.51. The summed E-state index contributed by atoms with van der Waals surface area (Å²) in [6, 6.07) is 12.4. The molecular formula is C27H30BrClFN3O4. The largest absolute Gasteiger partial charge is 0.462 e. The number of benzene rings is 2. The number of halogens is 3. The maximum atomic E-state index is 15.6. The van der Waals surface area contributed by atoms with Gasteiger partial charge < -0.3 is 15.6 Å². The number of hydrogen-bond donors (Lipinski definition) is 3. The van der Waals surface area contributed by atoms with Gasteiger partial charge in [-0.1, -0.05) is 72.6 Å². The van der Waals surface area contributed by atoms with Gasteiger partial charge in [-0.3, -0.25) is 14.9 Å². The van der Waals surface area contributed by atoms with Gasteiger partial charge in [0.2, 0.25) is 5.91 Å². The standard InChI is InChI=1S/C27H30BrClFN3O4/c1-26(2,3)12-20-27(14-31,15-7-9-16(28)10-8-15)22(18-5-4-6-19(29)23(18)30)24(33-20)25(36)37-13-17(34)11-21(32)35/h4-10,17,20,22,24,33-34H,11-13H2,1-3H3,(H2,32,35)/t17-,20-,22-,24+,27-/m0/s1. The van der Waals surface area contributed by atoms with Gasteiger partial charge in [-0.15, -0.1) is 0 Å². The Morgan fingerprint density at radius 2 is 1.95 bits per heavy atom. The summed E-state index contributed by atoms with van der Waals surface area (Å²) in [5.74, 6) is -3.28. The molecule has 3 rings (SSSR count). The fourth-order valence-corrected chi connectivity index (χ4v) is 5.47. The molecule has 7 nitrogen and oxygen atoms in total. The van der Waals surface area contributed by atoms with E-state index in [0.717, 1.165) is 4.47 Å². The molecule has 37 heavy (non-hydrogen) atoms. The molecule has 0 spiro atoms. The first-order chi connectivity index (χ1) is 17.3. The summed E-state index contributed by atoms with van der Waals surface area (Å²) in [6.07, 6.45) is -1.20. The van der Waals surface area contributed by atoms with Crippen molar-refractivity contribution in [3.63, 3.8) is 0 Å². The maximum absolute atomic E-state index is 15.6.